The number of fused-ring (bicyclic) bond motifs is 12. The molecule has 0 amide bonds. The molecule has 260 valence electrons. The van der Waals surface area contributed by atoms with Gasteiger partial charge in [0.1, 0.15) is 0 Å². The van der Waals surface area contributed by atoms with Gasteiger partial charge in [0, 0.05) is 27.6 Å². The van der Waals surface area contributed by atoms with Crippen molar-refractivity contribution >= 4 is 27.8 Å². The van der Waals surface area contributed by atoms with Crippen molar-refractivity contribution < 1.29 is 0 Å². The zero-order chi connectivity index (χ0) is 36.7. The third-order valence-corrected chi connectivity index (χ3v) is 14.0. The molecule has 10 rings (SSSR count). The Morgan fingerprint density at radius 1 is 0.358 bits per heavy atom. The summed E-state index contributed by atoms with van der Waals surface area (Å²) < 4.78 is 0. The third-order valence-electron chi connectivity index (χ3n) is 14.0. The lowest BCUT2D eigenvalue weighted by atomic mass is 9.54. The summed E-state index contributed by atoms with van der Waals surface area (Å²) in [5.74, 6) is 0. The monoisotopic (exact) mass is 685 g/mol. The highest BCUT2D eigenvalue weighted by Gasteiger charge is 2.50. The summed E-state index contributed by atoms with van der Waals surface area (Å²) in [6, 6.07) is 52.8. The van der Waals surface area contributed by atoms with E-state index in [1.807, 2.05) is 0 Å². The third kappa shape index (κ3) is 4.09. The molecule has 3 aliphatic carbocycles. The van der Waals surface area contributed by atoms with Crippen molar-refractivity contribution in [3.63, 3.8) is 0 Å². The summed E-state index contributed by atoms with van der Waals surface area (Å²) >= 11 is 0. The minimum Gasteiger partial charge on any atom is -0.310 e. The second kappa shape index (κ2) is 10.6. The van der Waals surface area contributed by atoms with Crippen molar-refractivity contribution in [2.24, 2.45) is 0 Å². The lowest BCUT2D eigenvalue weighted by Gasteiger charge is -2.49. The molecule has 0 fully saturated rings. The SMILES string of the molecule is CC1(C)c2ccccc2-c2ccc(N(c3ccccc3)c3cc4c(c5ccccc35)-c3ccc5c(c3C4(C)C)-c3ccccc3C(C)(C)C5(C)C)cc21. The fourth-order valence-corrected chi connectivity index (χ4v) is 10.5. The maximum absolute atomic E-state index is 2.54. The largest absolute Gasteiger partial charge is 0.310 e. The van der Waals surface area contributed by atoms with Crippen LogP contribution in [0, 0.1) is 0 Å². The highest BCUT2D eigenvalue weighted by atomic mass is 15.1. The summed E-state index contributed by atoms with van der Waals surface area (Å²) in [6.45, 7) is 19.4. The zero-order valence-electron chi connectivity index (χ0n) is 32.2. The van der Waals surface area contributed by atoms with Crippen LogP contribution < -0.4 is 4.90 Å². The maximum Gasteiger partial charge on any atom is 0.0543 e. The van der Waals surface area contributed by atoms with Gasteiger partial charge in [-0.15, -0.1) is 0 Å². The Hall–Kier alpha value is -5.40. The molecule has 0 unspecified atom stereocenters. The molecule has 0 saturated heterocycles. The molecule has 1 nitrogen and oxygen atoms in total. The molecule has 0 saturated carbocycles. The summed E-state index contributed by atoms with van der Waals surface area (Å²) in [6.07, 6.45) is 0. The Bertz CT molecular complexity index is 2670. The Kier molecular flexibility index (Phi) is 6.45. The van der Waals surface area contributed by atoms with Gasteiger partial charge in [-0.25, -0.2) is 0 Å². The van der Waals surface area contributed by atoms with Gasteiger partial charge in [0.05, 0.1) is 5.69 Å². The molecule has 0 bridgehead atoms. The van der Waals surface area contributed by atoms with Crippen LogP contribution in [-0.4, -0.2) is 0 Å². The predicted molar refractivity (Wildman–Crippen MR) is 225 cm³/mol. The highest BCUT2D eigenvalue weighted by Crippen LogP contribution is 2.62. The van der Waals surface area contributed by atoms with E-state index in [9.17, 15) is 0 Å². The Morgan fingerprint density at radius 2 is 0.943 bits per heavy atom. The first-order valence-electron chi connectivity index (χ1n) is 19.3. The summed E-state index contributed by atoms with van der Waals surface area (Å²) in [7, 11) is 0. The van der Waals surface area contributed by atoms with Gasteiger partial charge in [-0.2, -0.15) is 0 Å². The van der Waals surface area contributed by atoms with Gasteiger partial charge in [0.15, 0.2) is 0 Å². The maximum atomic E-state index is 2.54. The standard InChI is InChI=1S/C52H47N/c1-49(2)40-24-16-14-20-34(40)35-27-26-33(30-43(35)49)53(32-18-10-9-11-19-32)45-31-44-46(37-22-13-12-21-36(37)45)39-28-29-42-47(48(39)50(44,3)4)38-23-15-17-25-41(38)51(5,6)52(42,7)8/h9-31H,1-8H3. The van der Waals surface area contributed by atoms with E-state index < -0.39 is 0 Å². The number of nitrogens with zero attached hydrogens (tertiary/aromatic N) is 1. The molecule has 1 heteroatoms. The quantitative estimate of drug-likeness (QED) is 0.179. The van der Waals surface area contributed by atoms with Crippen LogP contribution in [0.3, 0.4) is 0 Å². The molecular formula is C52H47N. The number of para-hydroxylation sites is 1. The average molecular weight is 686 g/mol. The first-order valence-corrected chi connectivity index (χ1v) is 19.3. The number of hydrogen-bond donors (Lipinski definition) is 0. The molecule has 0 heterocycles. The summed E-state index contributed by atoms with van der Waals surface area (Å²) in [5, 5.41) is 2.58. The van der Waals surface area contributed by atoms with Crippen LogP contribution in [0.4, 0.5) is 17.1 Å². The normalized spacial score (nSPS) is 17.3. The number of anilines is 3. The molecule has 0 N–H and O–H groups in total. The Labute approximate surface area is 315 Å². The molecule has 7 aromatic rings. The van der Waals surface area contributed by atoms with E-state index in [0.29, 0.717) is 0 Å². The summed E-state index contributed by atoms with van der Waals surface area (Å²) in [4.78, 5) is 2.51. The van der Waals surface area contributed by atoms with E-state index in [2.05, 4.69) is 200 Å². The highest BCUT2D eigenvalue weighted by molar-refractivity contribution is 6.11. The van der Waals surface area contributed by atoms with Gasteiger partial charge in [-0.1, -0.05) is 165 Å². The van der Waals surface area contributed by atoms with E-state index in [4.69, 9.17) is 0 Å². The van der Waals surface area contributed by atoms with Gasteiger partial charge in [0.2, 0.25) is 0 Å². The topological polar surface area (TPSA) is 3.24 Å². The number of benzene rings is 7. The number of hydrogen-bond acceptors (Lipinski definition) is 1. The molecule has 0 aliphatic heterocycles. The van der Waals surface area contributed by atoms with Crippen molar-refractivity contribution in [2.45, 2.75) is 77.0 Å². The molecular weight excluding hydrogens is 639 g/mol. The van der Waals surface area contributed by atoms with Gasteiger partial charge in [-0.3, -0.25) is 0 Å². The van der Waals surface area contributed by atoms with Gasteiger partial charge in [-0.05, 0) is 113 Å². The van der Waals surface area contributed by atoms with E-state index in [1.54, 1.807) is 0 Å². The van der Waals surface area contributed by atoms with Crippen molar-refractivity contribution in [1.82, 2.24) is 0 Å². The molecule has 0 spiro atoms. The molecule has 0 aromatic heterocycles. The van der Waals surface area contributed by atoms with Crippen molar-refractivity contribution in [3.05, 3.63) is 173 Å². The molecule has 0 atom stereocenters. The van der Waals surface area contributed by atoms with Crippen LogP contribution in [0.25, 0.3) is 44.2 Å². The van der Waals surface area contributed by atoms with Crippen LogP contribution in [-0.2, 0) is 21.7 Å². The van der Waals surface area contributed by atoms with Crippen molar-refractivity contribution in [3.8, 4) is 33.4 Å². The molecule has 3 aliphatic rings. The van der Waals surface area contributed by atoms with E-state index in [0.717, 1.165) is 5.69 Å². The first-order chi connectivity index (χ1) is 25.3. The van der Waals surface area contributed by atoms with Crippen LogP contribution in [0.1, 0.15) is 88.8 Å². The van der Waals surface area contributed by atoms with E-state index in [-0.39, 0.29) is 21.7 Å². The second-order valence-corrected chi connectivity index (χ2v) is 17.8. The first kappa shape index (κ1) is 32.3. The van der Waals surface area contributed by atoms with Crippen LogP contribution in [0.5, 0.6) is 0 Å². The lowest BCUT2D eigenvalue weighted by molar-refractivity contribution is 0.298. The van der Waals surface area contributed by atoms with Crippen LogP contribution >= 0.6 is 0 Å². The minimum atomic E-state index is -0.233. The van der Waals surface area contributed by atoms with E-state index >= 15 is 0 Å². The van der Waals surface area contributed by atoms with Gasteiger partial charge < -0.3 is 4.90 Å². The average Bonchev–Trinajstić information content (AvgIpc) is 3.54. The van der Waals surface area contributed by atoms with Crippen molar-refractivity contribution in [2.75, 3.05) is 4.90 Å². The minimum absolute atomic E-state index is 0.0116. The molecule has 0 radical (unpaired) electrons. The van der Waals surface area contributed by atoms with Crippen molar-refractivity contribution in [1.29, 1.82) is 0 Å². The molecule has 7 aromatic carbocycles. The predicted octanol–water partition coefficient (Wildman–Crippen LogP) is 14.2. The van der Waals surface area contributed by atoms with E-state index in [1.165, 1.54) is 88.9 Å². The zero-order valence-corrected chi connectivity index (χ0v) is 32.2. The van der Waals surface area contributed by atoms with Crippen LogP contribution in [0.15, 0.2) is 140 Å². The Morgan fingerprint density at radius 3 is 1.70 bits per heavy atom. The van der Waals surface area contributed by atoms with Gasteiger partial charge >= 0.3 is 0 Å². The van der Waals surface area contributed by atoms with Gasteiger partial charge in [0.25, 0.3) is 0 Å². The Balaban J connectivity index is 1.25. The summed E-state index contributed by atoms with van der Waals surface area (Å²) in [5.41, 5.74) is 20.0. The lowest BCUT2D eigenvalue weighted by Crippen LogP contribution is -2.44. The number of rotatable bonds is 3. The smallest absolute Gasteiger partial charge is 0.0543 e. The fraction of sp³-hybridized carbons (Fsp3) is 0.231. The fourth-order valence-electron chi connectivity index (χ4n) is 10.5. The van der Waals surface area contributed by atoms with Crippen LogP contribution in [0.2, 0.25) is 0 Å². The second-order valence-electron chi connectivity index (χ2n) is 17.8. The molecule has 53 heavy (non-hydrogen) atoms.